The van der Waals surface area contributed by atoms with Crippen LogP contribution in [0.15, 0.2) is 18.2 Å². The quantitative estimate of drug-likeness (QED) is 0.766. The largest absolute Gasteiger partial charge is 0.479 e. The first kappa shape index (κ1) is 9.74. The molecule has 1 rings (SSSR count). The van der Waals surface area contributed by atoms with Crippen molar-refractivity contribution in [3.63, 3.8) is 0 Å². The second-order valence-corrected chi connectivity index (χ2v) is 2.74. The van der Waals surface area contributed by atoms with Gasteiger partial charge in [0.2, 0.25) is 0 Å². The van der Waals surface area contributed by atoms with Crippen molar-refractivity contribution in [2.24, 2.45) is 0 Å². The molecular formula is C10H11O3. The zero-order valence-electron chi connectivity index (χ0n) is 7.57. The summed E-state index contributed by atoms with van der Waals surface area (Å²) in [6, 6.07) is 8.27. The van der Waals surface area contributed by atoms with Crippen molar-refractivity contribution < 1.29 is 14.6 Å². The molecular weight excluding hydrogens is 168 g/mol. The molecule has 3 heteroatoms. The minimum atomic E-state index is -0.996. The number of benzene rings is 1. The van der Waals surface area contributed by atoms with Crippen LogP contribution in [0.4, 0.5) is 0 Å². The standard InChI is InChI=1S/C10H11O3/c1-7-4-3-5-8(6-7)9(13-2)10(11)12/h3-5,9H,1-2H3,(H,11,12). The van der Waals surface area contributed by atoms with E-state index in [0.717, 1.165) is 5.56 Å². The summed E-state index contributed by atoms with van der Waals surface area (Å²) in [4.78, 5) is 10.7. The normalized spacial score (nSPS) is 12.5. The zero-order valence-corrected chi connectivity index (χ0v) is 7.57. The molecule has 0 amide bonds. The van der Waals surface area contributed by atoms with Gasteiger partial charge in [-0.25, -0.2) is 4.79 Å². The van der Waals surface area contributed by atoms with Crippen LogP contribution in [0.25, 0.3) is 0 Å². The molecule has 0 spiro atoms. The Labute approximate surface area is 77.0 Å². The first-order chi connectivity index (χ1) is 6.15. The van der Waals surface area contributed by atoms with Crippen LogP contribution in [0.3, 0.4) is 0 Å². The maximum Gasteiger partial charge on any atom is 0.337 e. The highest BCUT2D eigenvalue weighted by Gasteiger charge is 2.18. The van der Waals surface area contributed by atoms with E-state index in [9.17, 15) is 4.79 Å². The van der Waals surface area contributed by atoms with Crippen LogP contribution < -0.4 is 0 Å². The number of carboxylic acids is 1. The van der Waals surface area contributed by atoms with Gasteiger partial charge in [-0.1, -0.05) is 18.2 Å². The second-order valence-electron chi connectivity index (χ2n) is 2.74. The molecule has 0 bridgehead atoms. The van der Waals surface area contributed by atoms with Crippen molar-refractivity contribution >= 4 is 5.97 Å². The van der Waals surface area contributed by atoms with E-state index in [4.69, 9.17) is 9.84 Å². The predicted molar refractivity (Wildman–Crippen MR) is 47.4 cm³/mol. The van der Waals surface area contributed by atoms with Crippen LogP contribution >= 0.6 is 0 Å². The fraction of sp³-hybridized carbons (Fsp3) is 0.300. The smallest absolute Gasteiger partial charge is 0.337 e. The van der Waals surface area contributed by atoms with Gasteiger partial charge in [0.05, 0.1) is 0 Å². The fourth-order valence-electron chi connectivity index (χ4n) is 1.12. The number of hydrogen-bond acceptors (Lipinski definition) is 2. The number of hydrogen-bond donors (Lipinski definition) is 1. The van der Waals surface area contributed by atoms with Crippen LogP contribution in [0, 0.1) is 13.0 Å². The molecule has 1 N–H and O–H groups in total. The molecule has 1 radical (unpaired) electrons. The van der Waals surface area contributed by atoms with Crippen molar-refractivity contribution in [2.75, 3.05) is 7.11 Å². The Balaban J connectivity index is 2.98. The average molecular weight is 179 g/mol. The summed E-state index contributed by atoms with van der Waals surface area (Å²) in [7, 11) is 1.37. The lowest BCUT2D eigenvalue weighted by molar-refractivity contribution is -0.148. The van der Waals surface area contributed by atoms with Crippen LogP contribution in [0.5, 0.6) is 0 Å². The van der Waals surface area contributed by atoms with E-state index < -0.39 is 12.1 Å². The highest BCUT2D eigenvalue weighted by molar-refractivity contribution is 5.74. The van der Waals surface area contributed by atoms with E-state index >= 15 is 0 Å². The van der Waals surface area contributed by atoms with E-state index in [-0.39, 0.29) is 0 Å². The minimum Gasteiger partial charge on any atom is -0.479 e. The van der Waals surface area contributed by atoms with Gasteiger partial charge >= 0.3 is 5.97 Å². The molecule has 0 aromatic heterocycles. The van der Waals surface area contributed by atoms with Gasteiger partial charge < -0.3 is 9.84 Å². The summed E-state index contributed by atoms with van der Waals surface area (Å²) < 4.78 is 4.82. The Hall–Kier alpha value is -1.35. The third-order valence-corrected chi connectivity index (χ3v) is 1.71. The Morgan fingerprint density at radius 2 is 2.31 bits per heavy atom. The van der Waals surface area contributed by atoms with Crippen molar-refractivity contribution in [3.8, 4) is 0 Å². The van der Waals surface area contributed by atoms with Gasteiger partial charge in [-0.05, 0) is 18.6 Å². The summed E-state index contributed by atoms with van der Waals surface area (Å²) in [5.74, 6) is -0.996. The first-order valence-corrected chi connectivity index (χ1v) is 3.89. The molecule has 0 aliphatic carbocycles. The zero-order chi connectivity index (χ0) is 9.84. The Bertz CT molecular complexity index is 307. The van der Waals surface area contributed by atoms with Gasteiger partial charge in [0.15, 0.2) is 6.10 Å². The molecule has 0 saturated heterocycles. The average Bonchev–Trinajstić information content (AvgIpc) is 2.04. The van der Waals surface area contributed by atoms with E-state index in [1.165, 1.54) is 7.11 Å². The molecule has 3 nitrogen and oxygen atoms in total. The van der Waals surface area contributed by atoms with Crippen LogP contribution in [-0.2, 0) is 9.53 Å². The molecule has 1 aromatic carbocycles. The Morgan fingerprint density at radius 1 is 1.62 bits per heavy atom. The number of rotatable bonds is 3. The second kappa shape index (κ2) is 4.05. The fourth-order valence-corrected chi connectivity index (χ4v) is 1.12. The predicted octanol–water partition coefficient (Wildman–Crippen LogP) is 1.57. The van der Waals surface area contributed by atoms with Gasteiger partial charge in [0.25, 0.3) is 0 Å². The van der Waals surface area contributed by atoms with Crippen molar-refractivity contribution in [2.45, 2.75) is 13.0 Å². The molecule has 0 aliphatic heterocycles. The van der Waals surface area contributed by atoms with Crippen molar-refractivity contribution in [1.82, 2.24) is 0 Å². The third kappa shape index (κ3) is 2.29. The number of carbonyl (C=O) groups is 1. The third-order valence-electron chi connectivity index (χ3n) is 1.71. The molecule has 13 heavy (non-hydrogen) atoms. The SMILES string of the molecule is COC(C(=O)O)c1[c]c(C)ccc1. The summed E-state index contributed by atoms with van der Waals surface area (Å²) in [5, 5.41) is 8.77. The van der Waals surface area contributed by atoms with Crippen molar-refractivity contribution in [1.29, 1.82) is 0 Å². The van der Waals surface area contributed by atoms with Gasteiger partial charge in [0, 0.05) is 12.7 Å². The summed E-state index contributed by atoms with van der Waals surface area (Å²) >= 11 is 0. The molecule has 0 aliphatic rings. The number of ether oxygens (including phenoxy) is 1. The van der Waals surface area contributed by atoms with Crippen LogP contribution in [-0.4, -0.2) is 18.2 Å². The highest BCUT2D eigenvalue weighted by atomic mass is 16.5. The highest BCUT2D eigenvalue weighted by Crippen LogP contribution is 2.16. The maximum atomic E-state index is 10.7. The lowest BCUT2D eigenvalue weighted by Gasteiger charge is -2.10. The monoisotopic (exact) mass is 179 g/mol. The molecule has 1 aromatic rings. The number of carboxylic acid groups (broad SMARTS) is 1. The number of methoxy groups -OCH3 is 1. The minimum absolute atomic E-state index is 0.551. The molecule has 69 valence electrons. The first-order valence-electron chi connectivity index (χ1n) is 3.89. The van der Waals surface area contributed by atoms with Gasteiger partial charge in [-0.2, -0.15) is 0 Å². The topological polar surface area (TPSA) is 46.5 Å². The van der Waals surface area contributed by atoms with Gasteiger partial charge in [0.1, 0.15) is 0 Å². The summed E-state index contributed by atoms with van der Waals surface area (Å²) in [6.07, 6.45) is -0.917. The molecule has 0 saturated carbocycles. The van der Waals surface area contributed by atoms with Crippen LogP contribution in [0.1, 0.15) is 17.2 Å². The number of aryl methyl sites for hydroxylation is 1. The van der Waals surface area contributed by atoms with E-state index in [2.05, 4.69) is 6.07 Å². The summed E-state index contributed by atoms with van der Waals surface area (Å²) in [5.41, 5.74) is 1.45. The van der Waals surface area contributed by atoms with Crippen LogP contribution in [0.2, 0.25) is 0 Å². The van der Waals surface area contributed by atoms with E-state index in [1.54, 1.807) is 12.1 Å². The Kier molecular flexibility index (Phi) is 3.03. The van der Waals surface area contributed by atoms with Crippen molar-refractivity contribution in [3.05, 3.63) is 35.4 Å². The molecule has 0 heterocycles. The van der Waals surface area contributed by atoms with E-state index in [0.29, 0.717) is 5.56 Å². The lowest BCUT2D eigenvalue weighted by Crippen LogP contribution is -2.13. The molecule has 1 unspecified atom stereocenters. The van der Waals surface area contributed by atoms with E-state index in [1.807, 2.05) is 13.0 Å². The van der Waals surface area contributed by atoms with Gasteiger partial charge in [-0.15, -0.1) is 0 Å². The Morgan fingerprint density at radius 3 is 2.77 bits per heavy atom. The maximum absolute atomic E-state index is 10.7. The summed E-state index contributed by atoms with van der Waals surface area (Å²) in [6.45, 7) is 1.86. The van der Waals surface area contributed by atoms with Gasteiger partial charge in [-0.3, -0.25) is 0 Å². The molecule has 1 atom stereocenters. The lowest BCUT2D eigenvalue weighted by atomic mass is 10.1. The molecule has 0 fully saturated rings. The number of aliphatic carboxylic acids is 1.